The first-order valence-corrected chi connectivity index (χ1v) is 9.39. The third-order valence-electron chi connectivity index (χ3n) is 4.98. The molecule has 4 rings (SSSR count). The highest BCUT2D eigenvalue weighted by Crippen LogP contribution is 2.29. The number of hydrogen-bond acceptors (Lipinski definition) is 4. The molecule has 5 heteroatoms. The fourth-order valence-corrected chi connectivity index (χ4v) is 3.42. The Labute approximate surface area is 164 Å². The molecule has 0 unspecified atom stereocenters. The molecule has 0 N–H and O–H groups in total. The molecule has 144 valence electrons. The van der Waals surface area contributed by atoms with Crippen molar-refractivity contribution >= 4 is 5.91 Å². The van der Waals surface area contributed by atoms with Gasteiger partial charge in [0.2, 0.25) is 5.91 Å². The summed E-state index contributed by atoms with van der Waals surface area (Å²) in [5, 5.41) is 0. The smallest absolute Gasteiger partial charge is 0.227 e. The number of fused-ring (bicyclic) bond motifs is 1. The molecule has 0 saturated carbocycles. The van der Waals surface area contributed by atoms with Crippen molar-refractivity contribution in [3.8, 4) is 11.5 Å². The highest BCUT2D eigenvalue weighted by atomic mass is 16.5. The fraction of sp³-hybridized carbons (Fsp3) is 0.261. The second-order valence-electron chi connectivity index (χ2n) is 6.87. The van der Waals surface area contributed by atoms with Crippen molar-refractivity contribution in [2.75, 3.05) is 13.7 Å². The Bertz CT molecular complexity index is 948. The molecule has 3 aromatic rings. The molecule has 0 saturated heterocycles. The standard InChI is InChI=1S/C23H23NO4/c1-26-22-13-18(7-8-21(22)28-16-17-5-3-2-4-6-17)14-23(25)24-11-9-20-19(15-24)10-12-27-20/h2-8,10,12-13H,9,11,14-16H2,1H3. The summed E-state index contributed by atoms with van der Waals surface area (Å²) in [6.45, 7) is 1.77. The van der Waals surface area contributed by atoms with Crippen LogP contribution in [0.3, 0.4) is 0 Å². The number of amides is 1. The van der Waals surface area contributed by atoms with Gasteiger partial charge in [-0.3, -0.25) is 4.79 Å². The monoisotopic (exact) mass is 377 g/mol. The Kier molecular flexibility index (Phi) is 5.33. The van der Waals surface area contributed by atoms with Gasteiger partial charge in [-0.25, -0.2) is 0 Å². The lowest BCUT2D eigenvalue weighted by Crippen LogP contribution is -2.36. The molecule has 0 radical (unpaired) electrons. The van der Waals surface area contributed by atoms with Gasteiger partial charge in [0.1, 0.15) is 12.4 Å². The number of methoxy groups -OCH3 is 1. The number of benzene rings is 2. The molecule has 0 aliphatic carbocycles. The predicted octanol–water partition coefficient (Wildman–Crippen LogP) is 3.99. The van der Waals surface area contributed by atoms with Gasteiger partial charge in [0.15, 0.2) is 11.5 Å². The first kappa shape index (κ1) is 18.2. The quantitative estimate of drug-likeness (QED) is 0.652. The van der Waals surface area contributed by atoms with Crippen molar-refractivity contribution in [1.29, 1.82) is 0 Å². The Morgan fingerprint density at radius 3 is 2.75 bits per heavy atom. The summed E-state index contributed by atoms with van der Waals surface area (Å²) < 4.78 is 16.8. The average molecular weight is 377 g/mol. The molecule has 0 spiro atoms. The van der Waals surface area contributed by atoms with Crippen molar-refractivity contribution in [2.45, 2.75) is 26.0 Å². The first-order valence-electron chi connectivity index (χ1n) is 9.39. The molecule has 2 heterocycles. The summed E-state index contributed by atoms with van der Waals surface area (Å²) in [7, 11) is 1.61. The number of carbonyl (C=O) groups is 1. The molecule has 0 fully saturated rings. The van der Waals surface area contributed by atoms with Gasteiger partial charge in [0.25, 0.3) is 0 Å². The molecule has 2 aromatic carbocycles. The minimum Gasteiger partial charge on any atom is -0.493 e. The van der Waals surface area contributed by atoms with Gasteiger partial charge in [0.05, 0.1) is 19.8 Å². The van der Waals surface area contributed by atoms with Crippen molar-refractivity contribution < 1.29 is 18.7 Å². The van der Waals surface area contributed by atoms with Gasteiger partial charge in [-0.15, -0.1) is 0 Å². The molecule has 1 amide bonds. The van der Waals surface area contributed by atoms with E-state index in [-0.39, 0.29) is 5.91 Å². The molecule has 5 nitrogen and oxygen atoms in total. The van der Waals surface area contributed by atoms with E-state index in [1.807, 2.05) is 59.5 Å². The van der Waals surface area contributed by atoms with Crippen LogP contribution in [0.15, 0.2) is 65.3 Å². The van der Waals surface area contributed by atoms with E-state index in [4.69, 9.17) is 13.9 Å². The summed E-state index contributed by atoms with van der Waals surface area (Å²) in [5.41, 5.74) is 3.10. The highest BCUT2D eigenvalue weighted by molar-refractivity contribution is 5.79. The van der Waals surface area contributed by atoms with Crippen molar-refractivity contribution in [3.05, 3.63) is 83.3 Å². The van der Waals surface area contributed by atoms with E-state index in [0.717, 1.165) is 28.9 Å². The molecule has 1 aromatic heterocycles. The zero-order valence-electron chi connectivity index (χ0n) is 15.9. The lowest BCUT2D eigenvalue weighted by atomic mass is 10.1. The van der Waals surface area contributed by atoms with Gasteiger partial charge >= 0.3 is 0 Å². The molecular weight excluding hydrogens is 354 g/mol. The number of nitrogens with zero attached hydrogens (tertiary/aromatic N) is 1. The molecule has 1 aliphatic heterocycles. The Balaban J connectivity index is 1.40. The second kappa shape index (κ2) is 8.21. The van der Waals surface area contributed by atoms with E-state index < -0.39 is 0 Å². The van der Waals surface area contributed by atoms with Gasteiger partial charge in [-0.2, -0.15) is 0 Å². The fourth-order valence-electron chi connectivity index (χ4n) is 3.42. The number of ether oxygens (including phenoxy) is 2. The third kappa shape index (κ3) is 4.03. The van der Waals surface area contributed by atoms with E-state index in [0.29, 0.717) is 37.6 Å². The van der Waals surface area contributed by atoms with Crippen LogP contribution in [0, 0.1) is 0 Å². The topological polar surface area (TPSA) is 51.9 Å². The van der Waals surface area contributed by atoms with E-state index in [9.17, 15) is 4.79 Å². The minimum absolute atomic E-state index is 0.104. The van der Waals surface area contributed by atoms with E-state index in [2.05, 4.69) is 0 Å². The summed E-state index contributed by atoms with van der Waals surface area (Å²) in [6, 6.07) is 17.6. The van der Waals surface area contributed by atoms with Crippen LogP contribution in [-0.2, 0) is 30.8 Å². The Hall–Kier alpha value is -3.21. The zero-order chi connectivity index (χ0) is 19.3. The lowest BCUT2D eigenvalue weighted by molar-refractivity contribution is -0.131. The van der Waals surface area contributed by atoms with Crippen LogP contribution in [0.2, 0.25) is 0 Å². The van der Waals surface area contributed by atoms with Crippen LogP contribution < -0.4 is 9.47 Å². The predicted molar refractivity (Wildman–Crippen MR) is 105 cm³/mol. The number of rotatable bonds is 6. The molecule has 0 bridgehead atoms. The maximum atomic E-state index is 12.7. The summed E-state index contributed by atoms with van der Waals surface area (Å²) >= 11 is 0. The SMILES string of the molecule is COc1cc(CC(=O)N2CCc3occc3C2)ccc1OCc1ccccc1. The van der Waals surface area contributed by atoms with E-state index >= 15 is 0 Å². The minimum atomic E-state index is 0.104. The molecule has 1 aliphatic rings. The number of carbonyl (C=O) groups excluding carboxylic acids is 1. The molecular formula is C23H23NO4. The summed E-state index contributed by atoms with van der Waals surface area (Å²) in [5.74, 6) is 2.40. The maximum absolute atomic E-state index is 12.7. The van der Waals surface area contributed by atoms with Crippen molar-refractivity contribution in [3.63, 3.8) is 0 Å². The van der Waals surface area contributed by atoms with Crippen LogP contribution in [0.5, 0.6) is 11.5 Å². The van der Waals surface area contributed by atoms with Gasteiger partial charge in [-0.05, 0) is 29.3 Å². The van der Waals surface area contributed by atoms with Crippen molar-refractivity contribution in [1.82, 2.24) is 4.90 Å². The lowest BCUT2D eigenvalue weighted by Gasteiger charge is -2.26. The number of hydrogen-bond donors (Lipinski definition) is 0. The van der Waals surface area contributed by atoms with Crippen LogP contribution in [0.4, 0.5) is 0 Å². The average Bonchev–Trinajstić information content (AvgIpc) is 3.21. The van der Waals surface area contributed by atoms with Crippen LogP contribution in [0.25, 0.3) is 0 Å². The van der Waals surface area contributed by atoms with Crippen molar-refractivity contribution in [2.24, 2.45) is 0 Å². The van der Waals surface area contributed by atoms with Gasteiger partial charge in [-0.1, -0.05) is 36.4 Å². The Morgan fingerprint density at radius 2 is 1.93 bits per heavy atom. The summed E-state index contributed by atoms with van der Waals surface area (Å²) in [4.78, 5) is 14.6. The van der Waals surface area contributed by atoms with Crippen LogP contribution in [-0.4, -0.2) is 24.5 Å². The highest BCUT2D eigenvalue weighted by Gasteiger charge is 2.22. The first-order chi connectivity index (χ1) is 13.7. The molecule has 0 atom stereocenters. The van der Waals surface area contributed by atoms with Crippen LogP contribution >= 0.6 is 0 Å². The molecule has 28 heavy (non-hydrogen) atoms. The maximum Gasteiger partial charge on any atom is 0.227 e. The van der Waals surface area contributed by atoms with Gasteiger partial charge < -0.3 is 18.8 Å². The number of furan rings is 1. The normalized spacial score (nSPS) is 13.1. The van der Waals surface area contributed by atoms with Gasteiger partial charge in [0, 0.05) is 25.1 Å². The second-order valence-corrected chi connectivity index (χ2v) is 6.87. The third-order valence-corrected chi connectivity index (χ3v) is 4.98. The largest absolute Gasteiger partial charge is 0.493 e. The Morgan fingerprint density at radius 1 is 1.07 bits per heavy atom. The zero-order valence-corrected chi connectivity index (χ0v) is 15.9. The van der Waals surface area contributed by atoms with E-state index in [1.165, 1.54) is 0 Å². The van der Waals surface area contributed by atoms with Crippen LogP contribution in [0.1, 0.15) is 22.5 Å². The van der Waals surface area contributed by atoms with E-state index in [1.54, 1.807) is 13.4 Å². The summed E-state index contributed by atoms with van der Waals surface area (Å²) in [6.07, 6.45) is 2.80.